The summed E-state index contributed by atoms with van der Waals surface area (Å²) in [6, 6.07) is 13.7. The second kappa shape index (κ2) is 10.0. The van der Waals surface area contributed by atoms with Gasteiger partial charge in [0.2, 0.25) is 0 Å². The molecule has 1 heterocycles. The molecule has 0 saturated heterocycles. The molecule has 0 amide bonds. The summed E-state index contributed by atoms with van der Waals surface area (Å²) in [5.74, 6) is 0.272. The van der Waals surface area contributed by atoms with Gasteiger partial charge in [-0.2, -0.15) is 0 Å². The van der Waals surface area contributed by atoms with E-state index in [-0.39, 0.29) is 6.61 Å². The summed E-state index contributed by atoms with van der Waals surface area (Å²) in [6.45, 7) is 4.19. The number of benzene rings is 2. The molecule has 1 N–H and O–H groups in total. The highest BCUT2D eigenvalue weighted by Gasteiger charge is 2.18. The summed E-state index contributed by atoms with van der Waals surface area (Å²) in [4.78, 5) is 11.9. The van der Waals surface area contributed by atoms with Crippen molar-refractivity contribution in [1.29, 1.82) is 0 Å². The lowest BCUT2D eigenvalue weighted by Crippen LogP contribution is -2.10. The van der Waals surface area contributed by atoms with Gasteiger partial charge in [-0.25, -0.2) is 4.79 Å². The van der Waals surface area contributed by atoms with E-state index in [4.69, 9.17) is 14.6 Å². The minimum atomic E-state index is -0.997. The van der Waals surface area contributed by atoms with E-state index in [9.17, 15) is 4.79 Å². The summed E-state index contributed by atoms with van der Waals surface area (Å²) in [7, 11) is 0. The molecule has 2 aromatic carbocycles. The topological polar surface area (TPSA) is 55.8 Å². The van der Waals surface area contributed by atoms with Crippen LogP contribution >= 0.6 is 27.7 Å². The van der Waals surface area contributed by atoms with Crippen molar-refractivity contribution >= 4 is 39.2 Å². The monoisotopic (exact) mass is 474 g/mol. The van der Waals surface area contributed by atoms with Crippen LogP contribution < -0.4 is 9.47 Å². The Balaban J connectivity index is 1.72. The van der Waals surface area contributed by atoms with Crippen molar-refractivity contribution in [3.8, 4) is 11.5 Å². The van der Waals surface area contributed by atoms with Crippen molar-refractivity contribution in [2.45, 2.75) is 25.5 Å². The summed E-state index contributed by atoms with van der Waals surface area (Å²) in [5.41, 5.74) is 3.19. The zero-order chi connectivity index (χ0) is 20.8. The van der Waals surface area contributed by atoms with E-state index in [2.05, 4.69) is 47.1 Å². The molecule has 0 bridgehead atoms. The first kappa shape index (κ1) is 21.5. The highest BCUT2D eigenvalue weighted by atomic mass is 79.9. The fourth-order valence-electron chi connectivity index (χ4n) is 2.98. The number of carboxylic acids is 1. The Bertz CT molecular complexity index is 934. The third kappa shape index (κ3) is 6.15. The number of carboxylic acid groups (broad SMARTS) is 1. The number of aliphatic carboxylic acids is 1. The molecule has 0 fully saturated rings. The molecule has 1 atom stereocenters. The van der Waals surface area contributed by atoms with Crippen LogP contribution in [0.1, 0.15) is 24.5 Å². The molecule has 0 aliphatic carbocycles. The van der Waals surface area contributed by atoms with Gasteiger partial charge < -0.3 is 14.6 Å². The number of ether oxygens (including phenoxy) is 2. The molecule has 29 heavy (non-hydrogen) atoms. The van der Waals surface area contributed by atoms with Crippen molar-refractivity contribution in [2.24, 2.45) is 0 Å². The molecule has 4 nitrogen and oxygen atoms in total. The number of hydrogen-bond acceptors (Lipinski definition) is 4. The Hall–Kier alpha value is -2.18. The summed E-state index contributed by atoms with van der Waals surface area (Å²) in [5, 5.41) is 9.33. The number of allylic oxidation sites excluding steroid dienone is 2. The maximum absolute atomic E-state index is 10.7. The maximum atomic E-state index is 10.7. The Labute approximate surface area is 183 Å². The van der Waals surface area contributed by atoms with Gasteiger partial charge >= 0.3 is 5.97 Å². The number of hydrogen-bond donors (Lipinski definition) is 1. The van der Waals surface area contributed by atoms with Gasteiger partial charge in [0.05, 0.1) is 0 Å². The molecule has 1 aliphatic heterocycles. The number of thioether (sulfide) groups is 1. The van der Waals surface area contributed by atoms with Crippen molar-refractivity contribution in [2.75, 3.05) is 13.2 Å². The minimum absolute atomic E-state index is 0.356. The first-order chi connectivity index (χ1) is 13.9. The Morgan fingerprint density at radius 1 is 1.24 bits per heavy atom. The number of carbonyl (C=O) groups is 1. The lowest BCUT2D eigenvalue weighted by Gasteiger charge is -2.12. The van der Waals surface area contributed by atoms with Crippen LogP contribution in [0.3, 0.4) is 0 Å². The van der Waals surface area contributed by atoms with E-state index in [1.54, 1.807) is 12.1 Å². The van der Waals surface area contributed by atoms with Crippen LogP contribution in [0.25, 0.3) is 5.57 Å². The van der Waals surface area contributed by atoms with E-state index >= 15 is 0 Å². The standard InChI is InChI=1S/C23H23BrO4S/c1-15-13-19(8-9-21(15)28-14-23(25)26)27-12-11-20(22-10-3-16(2)29-22)17-4-6-18(24)7-5-17/h4-11,13,16H,3,12,14H2,1-2H3,(H,25,26)/b20-11-. The first-order valence-corrected chi connectivity index (χ1v) is 11.0. The van der Waals surface area contributed by atoms with Gasteiger partial charge in [-0.05, 0) is 66.5 Å². The SMILES string of the molecule is Cc1cc(OC/C=C(\C2=CCC(C)S2)c2ccc(Br)cc2)ccc1OCC(=O)O. The summed E-state index contributed by atoms with van der Waals surface area (Å²) < 4.78 is 12.2. The highest BCUT2D eigenvalue weighted by molar-refractivity contribution is 9.10. The third-order valence-corrected chi connectivity index (χ3v) is 6.18. The van der Waals surface area contributed by atoms with E-state index in [1.165, 1.54) is 16.0 Å². The van der Waals surface area contributed by atoms with E-state index in [0.29, 0.717) is 17.6 Å². The Kier molecular flexibility index (Phi) is 7.45. The minimum Gasteiger partial charge on any atom is -0.489 e. The quantitative estimate of drug-likeness (QED) is 0.501. The van der Waals surface area contributed by atoms with Gasteiger partial charge in [0.15, 0.2) is 6.61 Å². The van der Waals surface area contributed by atoms with Gasteiger partial charge in [-0.1, -0.05) is 41.1 Å². The molecule has 0 aromatic heterocycles. The highest BCUT2D eigenvalue weighted by Crippen LogP contribution is 2.41. The van der Waals surface area contributed by atoms with Gasteiger partial charge in [0.1, 0.15) is 18.1 Å². The third-order valence-electron chi connectivity index (χ3n) is 4.42. The fourth-order valence-corrected chi connectivity index (χ4v) is 4.39. The van der Waals surface area contributed by atoms with E-state index in [1.807, 2.05) is 36.9 Å². The van der Waals surface area contributed by atoms with Crippen LogP contribution in [0.2, 0.25) is 0 Å². The van der Waals surface area contributed by atoms with Crippen LogP contribution in [0.5, 0.6) is 11.5 Å². The molecule has 3 rings (SSSR count). The average molecular weight is 475 g/mol. The molecule has 6 heteroatoms. The van der Waals surface area contributed by atoms with Gasteiger partial charge in [-0.15, -0.1) is 11.8 Å². The predicted octanol–water partition coefficient (Wildman–Crippen LogP) is 6.09. The van der Waals surface area contributed by atoms with Crippen LogP contribution in [0.15, 0.2) is 64.0 Å². The van der Waals surface area contributed by atoms with Crippen LogP contribution in [-0.2, 0) is 4.79 Å². The molecule has 0 radical (unpaired) electrons. The molecule has 152 valence electrons. The normalized spacial score (nSPS) is 16.4. The number of halogens is 1. The molecule has 0 spiro atoms. The molecule has 2 aromatic rings. The molecule has 1 aliphatic rings. The van der Waals surface area contributed by atoms with Crippen LogP contribution in [0.4, 0.5) is 0 Å². The fraction of sp³-hybridized carbons (Fsp3) is 0.261. The lowest BCUT2D eigenvalue weighted by atomic mass is 10.0. The lowest BCUT2D eigenvalue weighted by molar-refractivity contribution is -0.139. The number of rotatable bonds is 8. The molecular weight excluding hydrogens is 452 g/mol. The van der Waals surface area contributed by atoms with Gasteiger partial charge in [0.25, 0.3) is 0 Å². The zero-order valence-corrected chi connectivity index (χ0v) is 18.8. The maximum Gasteiger partial charge on any atom is 0.341 e. The largest absolute Gasteiger partial charge is 0.489 e. The second-order valence-corrected chi connectivity index (χ2v) is 9.17. The second-order valence-electron chi connectivity index (χ2n) is 6.78. The Morgan fingerprint density at radius 2 is 2.00 bits per heavy atom. The van der Waals surface area contributed by atoms with E-state index < -0.39 is 5.97 Å². The molecule has 1 unspecified atom stereocenters. The average Bonchev–Trinajstić information content (AvgIpc) is 3.11. The molecular formula is C23H23BrO4S. The summed E-state index contributed by atoms with van der Waals surface area (Å²) in [6.07, 6.45) is 5.48. The smallest absolute Gasteiger partial charge is 0.341 e. The zero-order valence-electron chi connectivity index (χ0n) is 16.4. The first-order valence-electron chi connectivity index (χ1n) is 9.33. The van der Waals surface area contributed by atoms with Gasteiger partial charge in [-0.3, -0.25) is 0 Å². The predicted molar refractivity (Wildman–Crippen MR) is 122 cm³/mol. The number of aryl methyl sites for hydroxylation is 1. The van der Waals surface area contributed by atoms with Crippen molar-refractivity contribution in [1.82, 2.24) is 0 Å². The summed E-state index contributed by atoms with van der Waals surface area (Å²) >= 11 is 5.39. The van der Waals surface area contributed by atoms with Crippen molar-refractivity contribution in [3.05, 3.63) is 75.1 Å². The van der Waals surface area contributed by atoms with Crippen molar-refractivity contribution in [3.63, 3.8) is 0 Å². The van der Waals surface area contributed by atoms with Gasteiger partial charge in [0, 0.05) is 14.6 Å². The Morgan fingerprint density at radius 3 is 2.62 bits per heavy atom. The molecule has 0 saturated carbocycles. The van der Waals surface area contributed by atoms with Crippen LogP contribution in [0, 0.1) is 6.92 Å². The van der Waals surface area contributed by atoms with E-state index in [0.717, 1.165) is 22.2 Å². The van der Waals surface area contributed by atoms with Crippen molar-refractivity contribution < 1.29 is 19.4 Å². The van der Waals surface area contributed by atoms with Crippen LogP contribution in [-0.4, -0.2) is 29.5 Å².